The van der Waals surface area contributed by atoms with Gasteiger partial charge in [0.15, 0.2) is 5.65 Å². The van der Waals surface area contributed by atoms with Crippen LogP contribution in [0.1, 0.15) is 48.7 Å². The largest absolute Gasteiger partial charge is 0.466 e. The summed E-state index contributed by atoms with van der Waals surface area (Å²) in [6, 6.07) is 4.16. The Morgan fingerprint density at radius 2 is 2.00 bits per heavy atom. The fraction of sp³-hybridized carbons (Fsp3) is 0.476. The van der Waals surface area contributed by atoms with Crippen LogP contribution in [0, 0.1) is 13.8 Å². The number of carbonyl (C=O) groups is 1. The molecule has 3 aromatic heterocycles. The van der Waals surface area contributed by atoms with Crippen LogP contribution in [-0.2, 0) is 0 Å². The minimum absolute atomic E-state index is 0. The molecule has 0 radical (unpaired) electrons. The molecule has 1 fully saturated rings. The zero-order valence-corrected chi connectivity index (χ0v) is 19.6. The van der Waals surface area contributed by atoms with E-state index in [0.29, 0.717) is 12.1 Å². The Balaban J connectivity index is 0.00000160. The summed E-state index contributed by atoms with van der Waals surface area (Å²) in [6.45, 7) is 12.4. The first-order valence-corrected chi connectivity index (χ1v) is 9.84. The lowest BCUT2D eigenvalue weighted by molar-refractivity contribution is 0.0658. The predicted octanol–water partition coefficient (Wildman–Crippen LogP) is 4.17. The Bertz CT molecular complexity index is 1040. The number of rotatable bonds is 3. The van der Waals surface area contributed by atoms with E-state index in [0.717, 1.165) is 46.9 Å². The number of nitrogens with zero attached hydrogens (tertiary/aromatic N) is 4. The maximum atomic E-state index is 13.5. The van der Waals surface area contributed by atoms with Gasteiger partial charge in [-0.25, -0.2) is 9.67 Å². The Hall–Kier alpha value is -2.09. The summed E-state index contributed by atoms with van der Waals surface area (Å²) in [5.41, 5.74) is 3.05. The molecule has 4 heterocycles. The molecule has 0 aliphatic carbocycles. The van der Waals surface area contributed by atoms with Gasteiger partial charge in [-0.15, -0.1) is 24.8 Å². The highest BCUT2D eigenvalue weighted by molar-refractivity contribution is 6.06. The highest BCUT2D eigenvalue weighted by atomic mass is 35.5. The molecule has 1 amide bonds. The second-order valence-electron chi connectivity index (χ2n) is 7.85. The summed E-state index contributed by atoms with van der Waals surface area (Å²) >= 11 is 0. The monoisotopic (exact) mass is 453 g/mol. The summed E-state index contributed by atoms with van der Waals surface area (Å²) in [6.07, 6.45) is 1.76. The van der Waals surface area contributed by atoms with Gasteiger partial charge in [-0.05, 0) is 46.8 Å². The average Bonchev–Trinajstić information content (AvgIpc) is 3.23. The number of amides is 1. The lowest BCUT2D eigenvalue weighted by Gasteiger charge is -2.34. The number of carbonyl (C=O) groups excluding carboxylic acids is 1. The Labute approximate surface area is 189 Å². The lowest BCUT2D eigenvalue weighted by Crippen LogP contribution is -2.52. The van der Waals surface area contributed by atoms with Gasteiger partial charge in [-0.2, -0.15) is 5.10 Å². The predicted molar refractivity (Wildman–Crippen MR) is 123 cm³/mol. The van der Waals surface area contributed by atoms with E-state index in [-0.39, 0.29) is 42.8 Å². The molecular weight excluding hydrogens is 425 g/mol. The summed E-state index contributed by atoms with van der Waals surface area (Å²) in [4.78, 5) is 20.3. The van der Waals surface area contributed by atoms with E-state index in [1.54, 1.807) is 6.20 Å². The first-order chi connectivity index (χ1) is 13.4. The Kier molecular flexibility index (Phi) is 7.55. The molecule has 1 atom stereocenters. The van der Waals surface area contributed by atoms with Gasteiger partial charge in [0.05, 0.1) is 22.8 Å². The van der Waals surface area contributed by atoms with Crippen molar-refractivity contribution in [2.24, 2.45) is 0 Å². The maximum Gasteiger partial charge on any atom is 0.255 e. The summed E-state index contributed by atoms with van der Waals surface area (Å²) in [5.74, 6) is 1.66. The van der Waals surface area contributed by atoms with Gasteiger partial charge in [0.25, 0.3) is 5.91 Å². The maximum absolute atomic E-state index is 13.5. The van der Waals surface area contributed by atoms with E-state index >= 15 is 0 Å². The van der Waals surface area contributed by atoms with Crippen LogP contribution in [-0.4, -0.2) is 51.2 Å². The number of hydrogen-bond acceptors (Lipinski definition) is 5. The van der Waals surface area contributed by atoms with Gasteiger partial charge >= 0.3 is 0 Å². The van der Waals surface area contributed by atoms with Gasteiger partial charge in [0, 0.05) is 37.3 Å². The van der Waals surface area contributed by atoms with E-state index in [4.69, 9.17) is 9.40 Å². The molecule has 0 unspecified atom stereocenters. The van der Waals surface area contributed by atoms with Crippen molar-refractivity contribution in [2.45, 2.75) is 46.7 Å². The number of pyridine rings is 1. The molecule has 0 bridgehead atoms. The zero-order chi connectivity index (χ0) is 20.0. The molecule has 7 nitrogen and oxygen atoms in total. The van der Waals surface area contributed by atoms with Crippen LogP contribution in [0.4, 0.5) is 0 Å². The number of piperazine rings is 1. The number of aryl methyl sites for hydroxylation is 2. The molecular formula is C21H29Cl2N5O2. The zero-order valence-electron chi connectivity index (χ0n) is 17.9. The first-order valence-electron chi connectivity index (χ1n) is 9.84. The lowest BCUT2D eigenvalue weighted by atomic mass is 10.0. The molecule has 1 saturated heterocycles. The minimum atomic E-state index is 0. The highest BCUT2D eigenvalue weighted by Crippen LogP contribution is 2.30. The van der Waals surface area contributed by atoms with Crippen LogP contribution in [0.2, 0.25) is 0 Å². The quantitative estimate of drug-likeness (QED) is 0.643. The van der Waals surface area contributed by atoms with Gasteiger partial charge in [-0.1, -0.05) is 0 Å². The number of nitrogens with one attached hydrogen (secondary N) is 1. The second-order valence-corrected chi connectivity index (χ2v) is 7.85. The standard InChI is InChI=1S/C21H27N5O2.2ClH/c1-12(2)26-20-18(11-23-26)17(21(27)25-7-6-22-10-13(25)3)9-19(24-20)16-8-14(4)28-15(16)5;;/h8-9,11-13,22H,6-7,10H2,1-5H3;2*1H/t13-;;/m0../s1. The molecule has 9 heteroatoms. The fourth-order valence-electron chi connectivity index (χ4n) is 3.89. The second kappa shape index (κ2) is 9.37. The van der Waals surface area contributed by atoms with Crippen molar-refractivity contribution in [1.29, 1.82) is 0 Å². The van der Waals surface area contributed by atoms with E-state index in [1.807, 2.05) is 35.6 Å². The molecule has 1 aliphatic heterocycles. The summed E-state index contributed by atoms with van der Waals surface area (Å²) < 4.78 is 7.58. The van der Waals surface area contributed by atoms with Crippen molar-refractivity contribution in [1.82, 2.24) is 25.0 Å². The van der Waals surface area contributed by atoms with Crippen molar-refractivity contribution < 1.29 is 9.21 Å². The molecule has 3 aromatic rings. The summed E-state index contributed by atoms with van der Waals surface area (Å²) in [5, 5.41) is 8.65. The molecule has 1 aliphatic rings. The van der Waals surface area contributed by atoms with Gasteiger partial charge in [0.1, 0.15) is 11.5 Å². The number of hydrogen-bond donors (Lipinski definition) is 1. The van der Waals surface area contributed by atoms with Crippen molar-refractivity contribution >= 4 is 41.8 Å². The van der Waals surface area contributed by atoms with Crippen LogP contribution in [0.15, 0.2) is 22.7 Å². The molecule has 30 heavy (non-hydrogen) atoms. The number of aromatic nitrogens is 3. The van der Waals surface area contributed by atoms with Crippen LogP contribution < -0.4 is 5.32 Å². The van der Waals surface area contributed by atoms with Gasteiger partial charge in [-0.3, -0.25) is 4.79 Å². The van der Waals surface area contributed by atoms with Gasteiger partial charge < -0.3 is 14.6 Å². The third-order valence-corrected chi connectivity index (χ3v) is 5.37. The van der Waals surface area contributed by atoms with Crippen LogP contribution in [0.3, 0.4) is 0 Å². The van der Waals surface area contributed by atoms with Crippen LogP contribution >= 0.6 is 24.8 Å². The fourth-order valence-corrected chi connectivity index (χ4v) is 3.89. The molecule has 4 rings (SSSR count). The molecule has 164 valence electrons. The summed E-state index contributed by atoms with van der Waals surface area (Å²) in [7, 11) is 0. The van der Waals surface area contributed by atoms with Crippen molar-refractivity contribution in [3.8, 4) is 11.3 Å². The van der Waals surface area contributed by atoms with Crippen molar-refractivity contribution in [2.75, 3.05) is 19.6 Å². The SMILES string of the molecule is Cc1cc(-c2cc(C(=O)N3CCNC[C@@H]3C)c3cnn(C(C)C)c3n2)c(C)o1.Cl.Cl. The minimum Gasteiger partial charge on any atom is -0.466 e. The van der Waals surface area contributed by atoms with E-state index in [1.165, 1.54) is 0 Å². The average molecular weight is 454 g/mol. The number of fused-ring (bicyclic) bond motifs is 1. The molecule has 0 aromatic carbocycles. The normalized spacial score (nSPS) is 16.5. The van der Waals surface area contributed by atoms with E-state index in [9.17, 15) is 4.79 Å². The van der Waals surface area contributed by atoms with Crippen molar-refractivity contribution in [3.05, 3.63) is 35.4 Å². The molecule has 0 spiro atoms. The Morgan fingerprint density at radius 3 is 2.60 bits per heavy atom. The van der Waals surface area contributed by atoms with E-state index in [2.05, 4.69) is 31.2 Å². The molecule has 0 saturated carbocycles. The van der Waals surface area contributed by atoms with Crippen LogP contribution in [0.25, 0.3) is 22.3 Å². The molecule has 1 N–H and O–H groups in total. The third-order valence-electron chi connectivity index (χ3n) is 5.37. The van der Waals surface area contributed by atoms with Gasteiger partial charge in [0.2, 0.25) is 0 Å². The van der Waals surface area contributed by atoms with E-state index < -0.39 is 0 Å². The van der Waals surface area contributed by atoms with Crippen molar-refractivity contribution in [3.63, 3.8) is 0 Å². The smallest absolute Gasteiger partial charge is 0.255 e. The first kappa shape index (κ1) is 24.2. The highest BCUT2D eigenvalue weighted by Gasteiger charge is 2.27. The number of halogens is 2. The third kappa shape index (κ3) is 4.19. The topological polar surface area (TPSA) is 76.2 Å². The Morgan fingerprint density at radius 1 is 1.27 bits per heavy atom. The van der Waals surface area contributed by atoms with Crippen LogP contribution in [0.5, 0.6) is 0 Å². The number of furan rings is 1.